The Morgan fingerprint density at radius 2 is 2.30 bits per heavy atom. The quantitative estimate of drug-likeness (QED) is 0.573. The van der Waals surface area contributed by atoms with Gasteiger partial charge in [0.05, 0.1) is 19.7 Å². The highest BCUT2D eigenvalue weighted by Gasteiger charge is 2.14. The van der Waals surface area contributed by atoms with Crippen LogP contribution in [-0.2, 0) is 16.1 Å². The second-order valence-electron chi connectivity index (χ2n) is 4.34. The smallest absolute Gasteiger partial charge is 0.320 e. The van der Waals surface area contributed by atoms with Gasteiger partial charge in [-0.15, -0.1) is 6.58 Å². The average Bonchev–Trinajstić information content (AvgIpc) is 2.81. The van der Waals surface area contributed by atoms with E-state index < -0.39 is 0 Å². The van der Waals surface area contributed by atoms with E-state index >= 15 is 0 Å². The summed E-state index contributed by atoms with van der Waals surface area (Å²) >= 11 is 0. The van der Waals surface area contributed by atoms with Gasteiger partial charge < -0.3 is 9.15 Å². The molecular weight excluding hydrogens is 256 g/mol. The summed E-state index contributed by atoms with van der Waals surface area (Å²) in [4.78, 5) is 17.8. The van der Waals surface area contributed by atoms with Gasteiger partial charge >= 0.3 is 5.97 Å². The molecule has 2 aromatic rings. The van der Waals surface area contributed by atoms with Crippen molar-refractivity contribution in [2.75, 3.05) is 19.7 Å². The third-order valence-electron chi connectivity index (χ3n) is 2.74. The molecule has 0 aliphatic heterocycles. The number of rotatable bonds is 7. The monoisotopic (exact) mass is 274 g/mol. The van der Waals surface area contributed by atoms with Crippen LogP contribution in [0, 0.1) is 0 Å². The molecule has 1 heterocycles. The Bertz CT molecular complexity index is 559. The van der Waals surface area contributed by atoms with Crippen LogP contribution >= 0.6 is 0 Å². The molecule has 0 aliphatic rings. The normalized spacial score (nSPS) is 10.9. The van der Waals surface area contributed by atoms with Gasteiger partial charge in [-0.2, -0.15) is 0 Å². The lowest BCUT2D eigenvalue weighted by Gasteiger charge is -2.17. The first-order valence-electron chi connectivity index (χ1n) is 6.56. The van der Waals surface area contributed by atoms with Gasteiger partial charge in [-0.3, -0.25) is 9.69 Å². The van der Waals surface area contributed by atoms with Crippen molar-refractivity contribution in [1.82, 2.24) is 9.88 Å². The Balaban J connectivity index is 2.06. The molecule has 5 heteroatoms. The first kappa shape index (κ1) is 14.3. The van der Waals surface area contributed by atoms with E-state index in [1.165, 1.54) is 0 Å². The highest BCUT2D eigenvalue weighted by atomic mass is 16.5. The summed E-state index contributed by atoms with van der Waals surface area (Å²) in [6, 6.07) is 7.58. The summed E-state index contributed by atoms with van der Waals surface area (Å²) < 4.78 is 10.6. The minimum Gasteiger partial charge on any atom is -0.465 e. The molecule has 0 amide bonds. The minimum absolute atomic E-state index is 0.193. The predicted octanol–water partition coefficient (Wildman–Crippen LogP) is 2.38. The number of hydrogen-bond acceptors (Lipinski definition) is 5. The van der Waals surface area contributed by atoms with E-state index in [1.54, 1.807) is 13.0 Å². The van der Waals surface area contributed by atoms with E-state index in [2.05, 4.69) is 11.6 Å². The number of oxazole rings is 1. The second-order valence-corrected chi connectivity index (χ2v) is 4.34. The van der Waals surface area contributed by atoms with Crippen LogP contribution in [-0.4, -0.2) is 35.5 Å². The predicted molar refractivity (Wildman–Crippen MR) is 76.1 cm³/mol. The Hall–Kier alpha value is -2.14. The number of hydrogen-bond donors (Lipinski definition) is 0. The highest BCUT2D eigenvalue weighted by molar-refractivity contribution is 5.72. The van der Waals surface area contributed by atoms with Crippen molar-refractivity contribution >= 4 is 17.1 Å². The Kier molecular flexibility index (Phi) is 4.90. The molecule has 0 spiro atoms. The third kappa shape index (κ3) is 3.68. The van der Waals surface area contributed by atoms with Crippen LogP contribution in [0.15, 0.2) is 41.3 Å². The van der Waals surface area contributed by atoms with Gasteiger partial charge in [-0.1, -0.05) is 18.2 Å². The van der Waals surface area contributed by atoms with Crippen molar-refractivity contribution in [1.29, 1.82) is 0 Å². The van der Waals surface area contributed by atoms with Crippen molar-refractivity contribution in [3.05, 3.63) is 42.8 Å². The Morgan fingerprint density at radius 3 is 3.00 bits per heavy atom. The number of nitrogens with zero attached hydrogens (tertiary/aromatic N) is 2. The molecule has 1 aromatic carbocycles. The van der Waals surface area contributed by atoms with E-state index in [9.17, 15) is 4.79 Å². The first-order chi connectivity index (χ1) is 9.72. The Morgan fingerprint density at radius 1 is 1.50 bits per heavy atom. The van der Waals surface area contributed by atoms with Gasteiger partial charge in [0.25, 0.3) is 0 Å². The summed E-state index contributed by atoms with van der Waals surface area (Å²) in [6.45, 7) is 7.06. The molecule has 0 bridgehead atoms. The van der Waals surface area contributed by atoms with E-state index in [0.29, 0.717) is 25.6 Å². The van der Waals surface area contributed by atoms with Gasteiger partial charge in [-0.25, -0.2) is 4.98 Å². The molecule has 2 rings (SSSR count). The van der Waals surface area contributed by atoms with Crippen LogP contribution in [0.2, 0.25) is 0 Å². The summed E-state index contributed by atoms with van der Waals surface area (Å²) in [5.74, 6) is 0.322. The molecule has 0 N–H and O–H groups in total. The highest BCUT2D eigenvalue weighted by Crippen LogP contribution is 2.15. The molecule has 0 saturated carbocycles. The fraction of sp³-hybridized carbons (Fsp3) is 0.333. The topological polar surface area (TPSA) is 55.6 Å². The fourth-order valence-corrected chi connectivity index (χ4v) is 1.94. The van der Waals surface area contributed by atoms with Gasteiger partial charge in [0.2, 0.25) is 5.89 Å². The van der Waals surface area contributed by atoms with Gasteiger partial charge in [0.1, 0.15) is 5.52 Å². The number of aromatic nitrogens is 1. The molecule has 20 heavy (non-hydrogen) atoms. The minimum atomic E-state index is -0.259. The lowest BCUT2D eigenvalue weighted by Crippen LogP contribution is -2.30. The summed E-state index contributed by atoms with van der Waals surface area (Å²) in [6.07, 6.45) is 1.74. The van der Waals surface area contributed by atoms with Crippen LogP contribution < -0.4 is 0 Å². The number of esters is 1. The average molecular weight is 274 g/mol. The van der Waals surface area contributed by atoms with Gasteiger partial charge in [0.15, 0.2) is 5.58 Å². The number of para-hydroxylation sites is 2. The van der Waals surface area contributed by atoms with E-state index in [0.717, 1.165) is 11.1 Å². The second kappa shape index (κ2) is 6.86. The van der Waals surface area contributed by atoms with Gasteiger partial charge in [-0.05, 0) is 19.1 Å². The Labute approximate surface area is 117 Å². The summed E-state index contributed by atoms with van der Waals surface area (Å²) in [5.41, 5.74) is 1.56. The van der Waals surface area contributed by atoms with Crippen LogP contribution in [0.3, 0.4) is 0 Å². The molecule has 0 atom stereocenters. The standard InChI is InChI=1S/C15H18N2O3/c1-3-9-17(11-15(18)19-4-2)10-14-16-12-7-5-6-8-13(12)20-14/h3,5-8H,1,4,9-11H2,2H3. The molecule has 0 fully saturated rings. The zero-order valence-corrected chi connectivity index (χ0v) is 11.5. The molecule has 1 aromatic heterocycles. The van der Waals surface area contributed by atoms with Crippen molar-refractivity contribution in [3.8, 4) is 0 Å². The molecule has 0 aliphatic carbocycles. The maximum absolute atomic E-state index is 11.5. The molecule has 106 valence electrons. The summed E-state index contributed by atoms with van der Waals surface area (Å²) in [5, 5.41) is 0. The maximum Gasteiger partial charge on any atom is 0.320 e. The van der Waals surface area contributed by atoms with Crippen molar-refractivity contribution < 1.29 is 13.9 Å². The third-order valence-corrected chi connectivity index (χ3v) is 2.74. The number of carbonyl (C=O) groups excluding carboxylic acids is 1. The number of benzene rings is 1. The molecular formula is C15H18N2O3. The molecule has 0 radical (unpaired) electrons. The van der Waals surface area contributed by atoms with Crippen LogP contribution in [0.1, 0.15) is 12.8 Å². The van der Waals surface area contributed by atoms with Crippen molar-refractivity contribution in [3.63, 3.8) is 0 Å². The van der Waals surface area contributed by atoms with Crippen LogP contribution in [0.25, 0.3) is 11.1 Å². The van der Waals surface area contributed by atoms with Crippen molar-refractivity contribution in [2.24, 2.45) is 0 Å². The van der Waals surface area contributed by atoms with E-state index in [-0.39, 0.29) is 12.5 Å². The van der Waals surface area contributed by atoms with Crippen LogP contribution in [0.4, 0.5) is 0 Å². The molecule has 0 saturated heterocycles. The van der Waals surface area contributed by atoms with Gasteiger partial charge in [0, 0.05) is 6.54 Å². The number of ether oxygens (including phenoxy) is 1. The molecule has 5 nitrogen and oxygen atoms in total. The molecule has 0 unspecified atom stereocenters. The number of carbonyl (C=O) groups is 1. The number of fused-ring (bicyclic) bond motifs is 1. The fourth-order valence-electron chi connectivity index (χ4n) is 1.94. The first-order valence-corrected chi connectivity index (χ1v) is 6.56. The maximum atomic E-state index is 11.5. The van der Waals surface area contributed by atoms with E-state index in [4.69, 9.17) is 9.15 Å². The zero-order chi connectivity index (χ0) is 14.4. The van der Waals surface area contributed by atoms with E-state index in [1.807, 2.05) is 29.2 Å². The van der Waals surface area contributed by atoms with Crippen LogP contribution in [0.5, 0.6) is 0 Å². The summed E-state index contributed by atoms with van der Waals surface area (Å²) in [7, 11) is 0. The lowest BCUT2D eigenvalue weighted by molar-refractivity contribution is -0.144. The van der Waals surface area contributed by atoms with Crippen molar-refractivity contribution in [2.45, 2.75) is 13.5 Å². The lowest BCUT2D eigenvalue weighted by atomic mass is 10.3. The zero-order valence-electron chi connectivity index (χ0n) is 11.5. The largest absolute Gasteiger partial charge is 0.465 e. The SMILES string of the molecule is C=CCN(CC(=O)OCC)Cc1nc2ccccc2o1.